The first-order valence-corrected chi connectivity index (χ1v) is 7.80. The Morgan fingerprint density at radius 1 is 1.30 bits per heavy atom. The summed E-state index contributed by atoms with van der Waals surface area (Å²) in [5, 5.41) is 3.41. The van der Waals surface area contributed by atoms with E-state index in [9.17, 15) is 0 Å². The maximum absolute atomic E-state index is 5.66. The predicted molar refractivity (Wildman–Crippen MR) is 96.6 cm³/mol. The van der Waals surface area contributed by atoms with Crippen molar-refractivity contribution in [2.75, 3.05) is 20.8 Å². The van der Waals surface area contributed by atoms with Crippen molar-refractivity contribution in [3.63, 3.8) is 0 Å². The minimum atomic E-state index is -0.438. The minimum Gasteiger partial charge on any atom is -0.497 e. The molecule has 0 fully saturated rings. The second kappa shape index (κ2) is 7.37. The highest BCUT2D eigenvalue weighted by Gasteiger charge is 2.28. The van der Waals surface area contributed by atoms with Crippen LogP contribution >= 0.6 is 12.2 Å². The highest BCUT2D eigenvalue weighted by Crippen LogP contribution is 2.26. The summed E-state index contributed by atoms with van der Waals surface area (Å²) in [7, 11) is 3.33. The standard InChI is InChI=1S/C17H23N3O2S/c1-17(19-16(18)23)9-4-5-10-20(17)11-8-13-12-14(21-2)6-7-15(13)22-3/h4-7,9-10,12H,8,11H2,1-3H3,(H3,18,19,23). The number of allylic oxidation sites excluding steroid dienone is 2. The number of benzene rings is 1. The maximum Gasteiger partial charge on any atom is 0.165 e. The zero-order chi connectivity index (χ0) is 16.9. The van der Waals surface area contributed by atoms with Gasteiger partial charge in [-0.1, -0.05) is 6.08 Å². The molecule has 0 saturated heterocycles. The first kappa shape index (κ1) is 17.1. The van der Waals surface area contributed by atoms with Gasteiger partial charge in [-0.2, -0.15) is 0 Å². The molecule has 1 atom stereocenters. The van der Waals surface area contributed by atoms with E-state index in [1.807, 2.05) is 49.6 Å². The Morgan fingerprint density at radius 3 is 2.74 bits per heavy atom. The predicted octanol–water partition coefficient (Wildman–Crippen LogP) is 2.18. The van der Waals surface area contributed by atoms with Gasteiger partial charge in [0.05, 0.1) is 14.2 Å². The van der Waals surface area contributed by atoms with Gasteiger partial charge in [0.25, 0.3) is 0 Å². The van der Waals surface area contributed by atoms with Crippen molar-refractivity contribution in [1.82, 2.24) is 10.2 Å². The molecule has 1 aromatic rings. The molecule has 23 heavy (non-hydrogen) atoms. The molecule has 0 radical (unpaired) electrons. The van der Waals surface area contributed by atoms with Crippen molar-refractivity contribution >= 4 is 17.3 Å². The van der Waals surface area contributed by atoms with Crippen LogP contribution in [-0.4, -0.2) is 36.4 Å². The average molecular weight is 333 g/mol. The van der Waals surface area contributed by atoms with Gasteiger partial charge >= 0.3 is 0 Å². The number of rotatable bonds is 6. The third kappa shape index (κ3) is 4.16. The van der Waals surface area contributed by atoms with Crippen molar-refractivity contribution in [2.24, 2.45) is 5.73 Å². The summed E-state index contributed by atoms with van der Waals surface area (Å²) in [6.45, 7) is 2.81. The number of nitrogens with zero attached hydrogens (tertiary/aromatic N) is 1. The molecule has 124 valence electrons. The summed E-state index contributed by atoms with van der Waals surface area (Å²) < 4.78 is 10.7. The fraction of sp³-hybridized carbons (Fsp3) is 0.353. The van der Waals surface area contributed by atoms with Crippen LogP contribution in [0.15, 0.2) is 42.6 Å². The van der Waals surface area contributed by atoms with Crippen LogP contribution in [-0.2, 0) is 6.42 Å². The number of hydrogen-bond donors (Lipinski definition) is 2. The number of nitrogens with one attached hydrogen (secondary N) is 1. The number of nitrogens with two attached hydrogens (primary N) is 1. The monoisotopic (exact) mass is 333 g/mol. The molecule has 1 aliphatic heterocycles. The van der Waals surface area contributed by atoms with Crippen LogP contribution in [0.1, 0.15) is 12.5 Å². The largest absolute Gasteiger partial charge is 0.497 e. The molecule has 2 rings (SSSR count). The van der Waals surface area contributed by atoms with Gasteiger partial charge in [-0.15, -0.1) is 0 Å². The van der Waals surface area contributed by atoms with Gasteiger partial charge in [0.15, 0.2) is 5.11 Å². The lowest BCUT2D eigenvalue weighted by molar-refractivity contribution is 0.197. The molecule has 0 saturated carbocycles. The Balaban J connectivity index is 2.14. The Bertz CT molecular complexity index is 630. The van der Waals surface area contributed by atoms with Crippen molar-refractivity contribution in [3.8, 4) is 11.5 Å². The fourth-order valence-electron chi connectivity index (χ4n) is 2.63. The normalized spacial score (nSPS) is 19.5. The summed E-state index contributed by atoms with van der Waals surface area (Å²) >= 11 is 5.00. The zero-order valence-electron chi connectivity index (χ0n) is 13.7. The lowest BCUT2D eigenvalue weighted by Gasteiger charge is -2.41. The van der Waals surface area contributed by atoms with Crippen molar-refractivity contribution < 1.29 is 9.47 Å². The maximum atomic E-state index is 5.66. The van der Waals surface area contributed by atoms with E-state index < -0.39 is 5.66 Å². The molecule has 0 aliphatic carbocycles. The van der Waals surface area contributed by atoms with E-state index >= 15 is 0 Å². The van der Waals surface area contributed by atoms with E-state index in [2.05, 4.69) is 10.2 Å². The molecule has 6 heteroatoms. The Labute approximate surface area is 142 Å². The first-order chi connectivity index (χ1) is 11.0. The molecule has 5 nitrogen and oxygen atoms in total. The summed E-state index contributed by atoms with van der Waals surface area (Å²) in [5.74, 6) is 1.67. The molecular weight excluding hydrogens is 310 g/mol. The Kier molecular flexibility index (Phi) is 5.50. The highest BCUT2D eigenvalue weighted by atomic mass is 32.1. The Hall–Kier alpha value is -2.21. The molecular formula is C17H23N3O2S. The molecule has 0 amide bonds. The minimum absolute atomic E-state index is 0.274. The number of methoxy groups -OCH3 is 2. The van der Waals surface area contributed by atoms with E-state index in [1.165, 1.54) is 0 Å². The van der Waals surface area contributed by atoms with Crippen molar-refractivity contribution in [2.45, 2.75) is 19.0 Å². The van der Waals surface area contributed by atoms with Gasteiger partial charge in [-0.3, -0.25) is 0 Å². The second-order valence-electron chi connectivity index (χ2n) is 5.46. The number of ether oxygens (including phenoxy) is 2. The molecule has 0 bridgehead atoms. The average Bonchev–Trinajstić information content (AvgIpc) is 2.52. The molecule has 0 spiro atoms. The SMILES string of the molecule is COc1ccc(OC)c(CCN2C=CC=CC2(C)NC(N)=S)c1. The topological polar surface area (TPSA) is 59.8 Å². The molecule has 1 heterocycles. The third-order valence-corrected chi connectivity index (χ3v) is 3.98. The fourth-order valence-corrected chi connectivity index (χ4v) is 2.84. The lowest BCUT2D eigenvalue weighted by Crippen LogP contribution is -2.57. The van der Waals surface area contributed by atoms with E-state index in [4.69, 9.17) is 27.4 Å². The van der Waals surface area contributed by atoms with Crippen LogP contribution in [0, 0.1) is 0 Å². The quantitative estimate of drug-likeness (QED) is 0.778. The van der Waals surface area contributed by atoms with Crippen molar-refractivity contribution in [3.05, 3.63) is 48.2 Å². The van der Waals surface area contributed by atoms with Gasteiger partial charge in [-0.05, 0) is 61.5 Å². The van der Waals surface area contributed by atoms with Gasteiger partial charge in [0.2, 0.25) is 0 Å². The molecule has 1 aliphatic rings. The molecule has 3 N–H and O–H groups in total. The molecule has 0 aromatic heterocycles. The van der Waals surface area contributed by atoms with Gasteiger partial charge in [0, 0.05) is 12.7 Å². The van der Waals surface area contributed by atoms with E-state index in [-0.39, 0.29) is 5.11 Å². The van der Waals surface area contributed by atoms with Crippen LogP contribution in [0.25, 0.3) is 0 Å². The van der Waals surface area contributed by atoms with E-state index in [1.54, 1.807) is 14.2 Å². The van der Waals surface area contributed by atoms with Gasteiger partial charge in [-0.25, -0.2) is 0 Å². The van der Waals surface area contributed by atoms with Gasteiger partial charge < -0.3 is 25.4 Å². The summed E-state index contributed by atoms with van der Waals surface area (Å²) in [5.41, 5.74) is 6.31. The Morgan fingerprint density at radius 2 is 2.09 bits per heavy atom. The number of hydrogen-bond acceptors (Lipinski definition) is 4. The van der Waals surface area contributed by atoms with E-state index in [0.29, 0.717) is 0 Å². The second-order valence-corrected chi connectivity index (χ2v) is 5.90. The zero-order valence-corrected chi connectivity index (χ0v) is 14.5. The summed E-state index contributed by atoms with van der Waals surface area (Å²) in [6, 6.07) is 5.82. The van der Waals surface area contributed by atoms with Crippen LogP contribution in [0.4, 0.5) is 0 Å². The van der Waals surface area contributed by atoms with Crippen LogP contribution in [0.2, 0.25) is 0 Å². The highest BCUT2D eigenvalue weighted by molar-refractivity contribution is 7.80. The lowest BCUT2D eigenvalue weighted by atomic mass is 10.1. The smallest absolute Gasteiger partial charge is 0.165 e. The van der Waals surface area contributed by atoms with Gasteiger partial charge in [0.1, 0.15) is 17.2 Å². The van der Waals surface area contributed by atoms with E-state index in [0.717, 1.165) is 30.0 Å². The summed E-state index contributed by atoms with van der Waals surface area (Å²) in [4.78, 5) is 2.16. The molecule has 1 aromatic carbocycles. The first-order valence-electron chi connectivity index (χ1n) is 7.40. The van der Waals surface area contributed by atoms with Crippen LogP contribution in [0.5, 0.6) is 11.5 Å². The van der Waals surface area contributed by atoms with Crippen LogP contribution < -0.4 is 20.5 Å². The number of thiocarbonyl (C=S) groups is 1. The van der Waals surface area contributed by atoms with Crippen LogP contribution in [0.3, 0.4) is 0 Å². The summed E-state index contributed by atoms with van der Waals surface area (Å²) in [6.07, 6.45) is 8.83. The third-order valence-electron chi connectivity index (χ3n) is 3.88. The molecule has 1 unspecified atom stereocenters. The van der Waals surface area contributed by atoms with Crippen molar-refractivity contribution in [1.29, 1.82) is 0 Å².